The van der Waals surface area contributed by atoms with Gasteiger partial charge in [-0.25, -0.2) is 0 Å². The van der Waals surface area contributed by atoms with E-state index in [0.29, 0.717) is 16.6 Å². The fourth-order valence-electron chi connectivity index (χ4n) is 4.17. The zero-order valence-electron chi connectivity index (χ0n) is 17.9. The van der Waals surface area contributed by atoms with Crippen molar-refractivity contribution < 1.29 is 31.2 Å². The van der Waals surface area contributed by atoms with Gasteiger partial charge in [-0.1, -0.05) is 23.7 Å². The van der Waals surface area contributed by atoms with Crippen LogP contribution in [0.2, 0.25) is 5.02 Å². The summed E-state index contributed by atoms with van der Waals surface area (Å²) in [6, 6.07) is 14.1. The van der Waals surface area contributed by atoms with Crippen LogP contribution in [0.5, 0.6) is 5.75 Å². The molecule has 2 aliphatic rings. The summed E-state index contributed by atoms with van der Waals surface area (Å²) in [5.41, 5.74) is 3.43. The molecular formula is C24H28Cl2N2O3. The van der Waals surface area contributed by atoms with E-state index in [0.717, 1.165) is 54.1 Å². The second-order valence-electron chi connectivity index (χ2n) is 8.57. The summed E-state index contributed by atoms with van der Waals surface area (Å²) in [5.74, 6) is 0.581. The molecule has 0 radical (unpaired) electrons. The Morgan fingerprint density at radius 1 is 1.13 bits per heavy atom. The van der Waals surface area contributed by atoms with Crippen LogP contribution in [0, 0.1) is 0 Å². The highest BCUT2D eigenvalue weighted by Gasteiger charge is 2.30. The Bertz CT molecular complexity index is 952. The van der Waals surface area contributed by atoms with Crippen molar-refractivity contribution in [2.45, 2.75) is 25.4 Å². The summed E-state index contributed by atoms with van der Waals surface area (Å²) in [7, 11) is 4.57. The Kier molecular flexibility index (Phi) is 7.65. The molecule has 0 atom stereocenters. The number of nitrogens with zero attached hydrogens (tertiary/aromatic N) is 1. The minimum Gasteiger partial charge on any atom is -1.00 e. The molecule has 0 aliphatic carbocycles. The smallest absolute Gasteiger partial charge is 0.255 e. The molecule has 1 fully saturated rings. The van der Waals surface area contributed by atoms with E-state index in [1.807, 2.05) is 24.3 Å². The first-order valence-electron chi connectivity index (χ1n) is 10.3. The fourth-order valence-corrected chi connectivity index (χ4v) is 4.35. The Morgan fingerprint density at radius 2 is 1.84 bits per heavy atom. The van der Waals surface area contributed by atoms with Gasteiger partial charge >= 0.3 is 0 Å². The number of amides is 1. The molecule has 0 bridgehead atoms. The van der Waals surface area contributed by atoms with Crippen molar-refractivity contribution in [3.8, 4) is 5.75 Å². The third kappa shape index (κ3) is 5.80. The van der Waals surface area contributed by atoms with Crippen LogP contribution < -0.4 is 22.5 Å². The average Bonchev–Trinajstić information content (AvgIpc) is 2.75. The molecule has 0 saturated carbocycles. The maximum atomic E-state index is 12.7. The van der Waals surface area contributed by atoms with Gasteiger partial charge in [-0.3, -0.25) is 4.79 Å². The van der Waals surface area contributed by atoms with Gasteiger partial charge < -0.3 is 31.7 Å². The Balaban J connectivity index is 0.00000272. The molecule has 5 nitrogen and oxygen atoms in total. The largest absolute Gasteiger partial charge is 1.00 e. The van der Waals surface area contributed by atoms with E-state index in [4.69, 9.17) is 21.1 Å². The number of quaternary nitrogens is 1. The third-order valence-corrected chi connectivity index (χ3v) is 6.19. The van der Waals surface area contributed by atoms with Crippen LogP contribution in [-0.2, 0) is 16.1 Å². The minimum absolute atomic E-state index is 0. The van der Waals surface area contributed by atoms with Gasteiger partial charge in [0, 0.05) is 34.7 Å². The molecule has 0 unspecified atom stereocenters. The van der Waals surface area contributed by atoms with Crippen LogP contribution in [0.3, 0.4) is 0 Å². The van der Waals surface area contributed by atoms with E-state index in [1.165, 1.54) is 5.56 Å². The summed E-state index contributed by atoms with van der Waals surface area (Å²) in [6.45, 7) is 2.91. The number of hydrogen-bond donors (Lipinski definition) is 1. The zero-order valence-corrected chi connectivity index (χ0v) is 19.4. The number of nitrogens with one attached hydrogen (secondary N) is 1. The van der Waals surface area contributed by atoms with Gasteiger partial charge in [-0.2, -0.15) is 0 Å². The van der Waals surface area contributed by atoms with E-state index in [2.05, 4.69) is 31.5 Å². The molecule has 1 saturated heterocycles. The maximum absolute atomic E-state index is 12.7. The number of carbonyl (C=O) groups excluding carboxylic acids is 1. The lowest BCUT2D eigenvalue weighted by Crippen LogP contribution is -3.00. The highest BCUT2D eigenvalue weighted by Crippen LogP contribution is 2.29. The number of carbonyl (C=O) groups is 1. The number of benzene rings is 2. The van der Waals surface area contributed by atoms with Crippen molar-refractivity contribution in [1.82, 2.24) is 0 Å². The van der Waals surface area contributed by atoms with Crippen molar-refractivity contribution in [2.24, 2.45) is 0 Å². The molecule has 7 heteroatoms. The van der Waals surface area contributed by atoms with Gasteiger partial charge in [0.1, 0.15) is 18.9 Å². The summed E-state index contributed by atoms with van der Waals surface area (Å²) >= 11 is 6.05. The standard InChI is InChI=1S/C24H27ClN2O3.ClH/c1-27(2,22-9-11-29-12-10-22)15-17-3-6-21(7-4-17)26-24(28)19-13-18-14-20(25)5-8-23(18)30-16-19;/h3-8,13-14,22H,9-12,15-16H2,1-2H3;1H. The number of hydrogen-bond acceptors (Lipinski definition) is 3. The number of halogens is 2. The van der Waals surface area contributed by atoms with E-state index in [9.17, 15) is 4.79 Å². The molecular weight excluding hydrogens is 435 g/mol. The number of ether oxygens (including phenoxy) is 2. The minimum atomic E-state index is -0.160. The van der Waals surface area contributed by atoms with Crippen LogP contribution in [0.4, 0.5) is 5.69 Å². The van der Waals surface area contributed by atoms with Gasteiger partial charge in [-0.15, -0.1) is 0 Å². The zero-order chi connectivity index (χ0) is 21.1. The first-order chi connectivity index (χ1) is 14.4. The molecule has 31 heavy (non-hydrogen) atoms. The lowest BCUT2D eigenvalue weighted by atomic mass is 10.0. The van der Waals surface area contributed by atoms with Crippen molar-refractivity contribution in [3.05, 3.63) is 64.2 Å². The van der Waals surface area contributed by atoms with Gasteiger partial charge in [0.15, 0.2) is 0 Å². The maximum Gasteiger partial charge on any atom is 0.255 e. The summed E-state index contributed by atoms with van der Waals surface area (Å²) < 4.78 is 12.1. The van der Waals surface area contributed by atoms with Gasteiger partial charge in [0.2, 0.25) is 0 Å². The normalized spacial score (nSPS) is 16.4. The molecule has 4 rings (SSSR count). The highest BCUT2D eigenvalue weighted by atomic mass is 35.5. The van der Waals surface area contributed by atoms with Crippen LogP contribution in [0.25, 0.3) is 6.08 Å². The molecule has 2 heterocycles. The second kappa shape index (κ2) is 10.0. The van der Waals surface area contributed by atoms with Crippen molar-refractivity contribution in [1.29, 1.82) is 0 Å². The van der Waals surface area contributed by atoms with Crippen molar-refractivity contribution in [2.75, 3.05) is 39.2 Å². The third-order valence-electron chi connectivity index (χ3n) is 5.96. The average molecular weight is 463 g/mol. The molecule has 2 aromatic rings. The van der Waals surface area contributed by atoms with E-state index in [-0.39, 0.29) is 24.9 Å². The summed E-state index contributed by atoms with van der Waals surface area (Å²) in [5, 5.41) is 3.59. The predicted molar refractivity (Wildman–Crippen MR) is 120 cm³/mol. The lowest BCUT2D eigenvalue weighted by Gasteiger charge is -2.40. The first kappa shape index (κ1) is 23.6. The fraction of sp³-hybridized carbons (Fsp3) is 0.375. The predicted octanol–water partition coefficient (Wildman–Crippen LogP) is 1.51. The number of rotatable bonds is 5. The van der Waals surface area contributed by atoms with E-state index in [1.54, 1.807) is 12.1 Å². The van der Waals surface area contributed by atoms with Gasteiger partial charge in [0.25, 0.3) is 5.91 Å². The van der Waals surface area contributed by atoms with E-state index < -0.39 is 0 Å². The van der Waals surface area contributed by atoms with Crippen LogP contribution >= 0.6 is 11.6 Å². The van der Waals surface area contributed by atoms with Crippen LogP contribution in [-0.4, -0.2) is 50.3 Å². The Morgan fingerprint density at radius 3 is 2.55 bits per heavy atom. The SMILES string of the molecule is C[N+](C)(Cc1ccc(NC(=O)C2=Cc3cc(Cl)ccc3OC2)cc1)C1CCOCC1.[Cl-]. The molecule has 166 valence electrons. The van der Waals surface area contributed by atoms with Crippen molar-refractivity contribution >= 4 is 29.3 Å². The first-order valence-corrected chi connectivity index (χ1v) is 10.7. The topological polar surface area (TPSA) is 47.6 Å². The Labute approximate surface area is 195 Å². The van der Waals surface area contributed by atoms with Gasteiger partial charge in [-0.05, 0) is 36.4 Å². The molecule has 1 amide bonds. The molecule has 2 aliphatic heterocycles. The highest BCUT2D eigenvalue weighted by molar-refractivity contribution is 6.30. The quantitative estimate of drug-likeness (QED) is 0.685. The second-order valence-corrected chi connectivity index (χ2v) is 9.01. The monoisotopic (exact) mass is 462 g/mol. The Hall–Kier alpha value is -2.05. The van der Waals surface area contributed by atoms with Gasteiger partial charge in [0.05, 0.1) is 38.9 Å². The van der Waals surface area contributed by atoms with Crippen LogP contribution in [0.1, 0.15) is 24.0 Å². The lowest BCUT2D eigenvalue weighted by molar-refractivity contribution is -0.929. The number of fused-ring (bicyclic) bond motifs is 1. The van der Waals surface area contributed by atoms with Crippen LogP contribution in [0.15, 0.2) is 48.0 Å². The molecule has 2 aromatic carbocycles. The van der Waals surface area contributed by atoms with Crippen molar-refractivity contribution in [3.63, 3.8) is 0 Å². The number of anilines is 1. The summed E-state index contributed by atoms with van der Waals surface area (Å²) in [4.78, 5) is 12.7. The molecule has 0 aromatic heterocycles. The summed E-state index contributed by atoms with van der Waals surface area (Å²) in [6.07, 6.45) is 4.04. The molecule has 0 spiro atoms. The molecule has 1 N–H and O–H groups in total. The van der Waals surface area contributed by atoms with E-state index >= 15 is 0 Å².